The summed E-state index contributed by atoms with van der Waals surface area (Å²) in [5, 5.41) is 34.2. The van der Waals surface area contributed by atoms with Crippen LogP contribution < -0.4 is 5.32 Å². The Morgan fingerprint density at radius 2 is 2.16 bits per heavy atom. The average molecular weight is 276 g/mol. The Labute approximate surface area is 108 Å². The molecule has 3 unspecified atom stereocenters. The molecule has 10 heteroatoms. The van der Waals surface area contributed by atoms with Crippen molar-refractivity contribution in [2.75, 3.05) is 13.2 Å². The van der Waals surface area contributed by atoms with Crippen LogP contribution in [0.1, 0.15) is 6.92 Å². The number of nitrogens with one attached hydrogen (secondary N) is 1. The molecule has 0 bridgehead atoms. The van der Waals surface area contributed by atoms with Gasteiger partial charge in [-0.3, -0.25) is 4.79 Å². The third-order valence-electron chi connectivity index (χ3n) is 2.48. The lowest BCUT2D eigenvalue weighted by molar-refractivity contribution is -0.315. The van der Waals surface area contributed by atoms with Crippen LogP contribution in [0.5, 0.6) is 0 Å². The molecule has 0 aromatic carbocycles. The first-order valence-corrected chi connectivity index (χ1v) is 5.56. The van der Waals surface area contributed by atoms with Crippen LogP contribution in [0.3, 0.4) is 0 Å². The molecule has 0 aromatic heterocycles. The van der Waals surface area contributed by atoms with Crippen LogP contribution in [0.4, 0.5) is 0 Å². The highest BCUT2D eigenvalue weighted by atomic mass is 16.7. The highest BCUT2D eigenvalue weighted by Crippen LogP contribution is 2.20. The Morgan fingerprint density at radius 3 is 2.74 bits per heavy atom. The maximum absolute atomic E-state index is 11.0. The van der Waals surface area contributed by atoms with Gasteiger partial charge in [0.1, 0.15) is 18.2 Å². The number of ether oxygens (including phenoxy) is 2. The summed E-state index contributed by atoms with van der Waals surface area (Å²) in [6.07, 6.45) is -5.80. The summed E-state index contributed by atoms with van der Waals surface area (Å²) in [7, 11) is 0. The molecule has 1 rings (SSSR count). The lowest BCUT2D eigenvalue weighted by Gasteiger charge is -2.40. The van der Waals surface area contributed by atoms with Gasteiger partial charge in [-0.25, -0.2) is 0 Å². The maximum Gasteiger partial charge on any atom is 0.217 e. The summed E-state index contributed by atoms with van der Waals surface area (Å²) in [5.41, 5.74) is 8.09. The molecule has 1 aliphatic heterocycles. The quantitative estimate of drug-likeness (QED) is 0.201. The molecule has 1 amide bonds. The number of azide groups is 1. The number of carbonyl (C=O) groups excluding carboxylic acids is 1. The Balaban J connectivity index is 2.66. The van der Waals surface area contributed by atoms with E-state index in [0.29, 0.717) is 0 Å². The van der Waals surface area contributed by atoms with E-state index in [-0.39, 0.29) is 13.2 Å². The molecule has 1 saturated heterocycles. The lowest BCUT2D eigenvalue weighted by atomic mass is 10.0. The van der Waals surface area contributed by atoms with Gasteiger partial charge < -0.3 is 30.1 Å². The SMILES string of the molecule is CC(=O)NC1C(O)[C@H](O)C(O)O[C@H]1OCCN=[N+]=[N-]. The van der Waals surface area contributed by atoms with Crippen molar-refractivity contribution < 1.29 is 29.6 Å². The molecule has 108 valence electrons. The van der Waals surface area contributed by atoms with Gasteiger partial charge in [-0.15, -0.1) is 0 Å². The Hall–Kier alpha value is -1.42. The summed E-state index contributed by atoms with van der Waals surface area (Å²) in [6, 6.07) is -1.04. The van der Waals surface area contributed by atoms with E-state index >= 15 is 0 Å². The summed E-state index contributed by atoms with van der Waals surface area (Å²) < 4.78 is 10.1. The number of nitrogens with zero attached hydrogens (tertiary/aromatic N) is 3. The molecule has 0 radical (unpaired) electrons. The fourth-order valence-corrected chi connectivity index (χ4v) is 1.63. The van der Waals surface area contributed by atoms with Gasteiger partial charge in [0, 0.05) is 18.4 Å². The smallest absolute Gasteiger partial charge is 0.217 e. The summed E-state index contributed by atoms with van der Waals surface area (Å²) >= 11 is 0. The number of aliphatic hydroxyl groups is 3. The summed E-state index contributed by atoms with van der Waals surface area (Å²) in [4.78, 5) is 13.5. The molecule has 4 N–H and O–H groups in total. The minimum Gasteiger partial charge on any atom is -0.388 e. The van der Waals surface area contributed by atoms with E-state index in [9.17, 15) is 20.1 Å². The first-order chi connectivity index (χ1) is 8.97. The van der Waals surface area contributed by atoms with Gasteiger partial charge in [-0.1, -0.05) is 5.11 Å². The Kier molecular flexibility index (Phi) is 5.96. The van der Waals surface area contributed by atoms with Crippen molar-refractivity contribution in [1.29, 1.82) is 0 Å². The molecule has 1 aliphatic rings. The van der Waals surface area contributed by atoms with Gasteiger partial charge in [0.15, 0.2) is 12.6 Å². The second kappa shape index (κ2) is 7.24. The second-order valence-electron chi connectivity index (χ2n) is 3.93. The van der Waals surface area contributed by atoms with Crippen LogP contribution in [0.15, 0.2) is 5.11 Å². The van der Waals surface area contributed by atoms with Gasteiger partial charge >= 0.3 is 0 Å². The van der Waals surface area contributed by atoms with Crippen molar-refractivity contribution in [1.82, 2.24) is 5.32 Å². The van der Waals surface area contributed by atoms with Crippen molar-refractivity contribution in [2.24, 2.45) is 5.11 Å². The monoisotopic (exact) mass is 276 g/mol. The van der Waals surface area contributed by atoms with Crippen LogP contribution in [-0.2, 0) is 14.3 Å². The number of aliphatic hydroxyl groups excluding tert-OH is 3. The van der Waals surface area contributed by atoms with Crippen molar-refractivity contribution in [3.05, 3.63) is 10.4 Å². The van der Waals surface area contributed by atoms with Crippen molar-refractivity contribution in [3.8, 4) is 0 Å². The molecule has 1 fully saturated rings. The molecule has 0 aromatic rings. The highest BCUT2D eigenvalue weighted by Gasteiger charge is 2.44. The number of rotatable bonds is 5. The minimum atomic E-state index is -1.63. The van der Waals surface area contributed by atoms with Crippen molar-refractivity contribution >= 4 is 5.91 Å². The molecule has 0 spiro atoms. The topological polar surface area (TPSA) is 157 Å². The average Bonchev–Trinajstić information content (AvgIpc) is 2.36. The van der Waals surface area contributed by atoms with E-state index < -0.39 is 36.7 Å². The predicted octanol–water partition coefficient (Wildman–Crippen LogP) is -1.79. The highest BCUT2D eigenvalue weighted by molar-refractivity contribution is 5.73. The maximum atomic E-state index is 11.0. The van der Waals surface area contributed by atoms with E-state index in [0.717, 1.165) is 0 Å². The number of hydrogen-bond acceptors (Lipinski definition) is 7. The number of carbonyl (C=O) groups is 1. The van der Waals surface area contributed by atoms with Crippen molar-refractivity contribution in [3.63, 3.8) is 0 Å². The molecular weight excluding hydrogens is 260 g/mol. The summed E-state index contributed by atoms with van der Waals surface area (Å²) in [6.45, 7) is 1.22. The first-order valence-electron chi connectivity index (χ1n) is 5.56. The summed E-state index contributed by atoms with van der Waals surface area (Å²) in [5.74, 6) is -0.458. The third kappa shape index (κ3) is 4.31. The zero-order chi connectivity index (χ0) is 14.4. The van der Waals surface area contributed by atoms with E-state index in [4.69, 9.17) is 15.0 Å². The van der Waals surface area contributed by atoms with E-state index in [1.807, 2.05) is 0 Å². The lowest BCUT2D eigenvalue weighted by Crippen LogP contribution is -2.64. The Morgan fingerprint density at radius 1 is 1.47 bits per heavy atom. The zero-order valence-corrected chi connectivity index (χ0v) is 10.2. The second-order valence-corrected chi connectivity index (χ2v) is 3.93. The van der Waals surface area contributed by atoms with Crippen LogP contribution in [0.2, 0.25) is 0 Å². The van der Waals surface area contributed by atoms with E-state index in [1.165, 1.54) is 6.92 Å². The third-order valence-corrected chi connectivity index (χ3v) is 2.48. The fraction of sp³-hybridized carbons (Fsp3) is 0.889. The van der Waals surface area contributed by atoms with Crippen molar-refractivity contribution in [2.45, 2.75) is 37.8 Å². The predicted molar refractivity (Wildman–Crippen MR) is 60.5 cm³/mol. The standard InChI is InChI=1S/C9H16N4O6/c1-4(14)12-5-6(15)7(16)8(17)19-9(5)18-3-2-11-13-10/h5-9,15-17H,2-3H2,1H3,(H,12,14)/t5?,6?,7-,8?,9+/m0/s1. The van der Waals surface area contributed by atoms with E-state index in [2.05, 4.69) is 15.3 Å². The van der Waals surface area contributed by atoms with Gasteiger partial charge in [0.2, 0.25) is 5.91 Å². The molecule has 0 aliphatic carbocycles. The van der Waals surface area contributed by atoms with Crippen LogP contribution in [0, 0.1) is 0 Å². The van der Waals surface area contributed by atoms with Crippen LogP contribution in [-0.4, -0.2) is 65.2 Å². The number of hydrogen-bond donors (Lipinski definition) is 4. The van der Waals surface area contributed by atoms with Crippen LogP contribution >= 0.6 is 0 Å². The molecule has 1 heterocycles. The first kappa shape index (κ1) is 15.6. The zero-order valence-electron chi connectivity index (χ0n) is 10.2. The largest absolute Gasteiger partial charge is 0.388 e. The molecule has 0 saturated carbocycles. The van der Waals surface area contributed by atoms with Crippen LogP contribution in [0.25, 0.3) is 10.4 Å². The fourth-order valence-electron chi connectivity index (χ4n) is 1.63. The molecule has 10 nitrogen and oxygen atoms in total. The van der Waals surface area contributed by atoms with Gasteiger partial charge in [0.05, 0.1) is 6.61 Å². The van der Waals surface area contributed by atoms with Gasteiger partial charge in [-0.05, 0) is 5.53 Å². The normalized spacial score (nSPS) is 34.4. The Bertz CT molecular complexity index is 361. The van der Waals surface area contributed by atoms with Gasteiger partial charge in [0.25, 0.3) is 0 Å². The minimum absolute atomic E-state index is 0.0257. The van der Waals surface area contributed by atoms with E-state index in [1.54, 1.807) is 0 Å². The molecule has 5 atom stereocenters. The number of amides is 1. The molecule has 19 heavy (non-hydrogen) atoms. The molecular formula is C9H16N4O6. The van der Waals surface area contributed by atoms with Gasteiger partial charge in [-0.2, -0.15) is 0 Å².